The number of thiazole rings is 1. The van der Waals surface area contributed by atoms with Crippen LogP contribution in [-0.2, 0) is 20.1 Å². The van der Waals surface area contributed by atoms with E-state index in [0.29, 0.717) is 11.3 Å². The van der Waals surface area contributed by atoms with Crippen molar-refractivity contribution in [3.63, 3.8) is 0 Å². The van der Waals surface area contributed by atoms with Gasteiger partial charge < -0.3 is 10.8 Å². The number of hydrogen-bond acceptors (Lipinski definition) is 6. The van der Waals surface area contributed by atoms with E-state index in [2.05, 4.69) is 9.35 Å². The molecule has 11 heteroatoms. The summed E-state index contributed by atoms with van der Waals surface area (Å²) in [7, 11) is -3.14. The number of rotatable bonds is 4. The number of nitrogens with zero attached hydrogens (tertiary/aromatic N) is 2. The number of amides is 1. The molecule has 0 radical (unpaired) electrons. The first-order valence-electron chi connectivity index (χ1n) is 6.28. The summed E-state index contributed by atoms with van der Waals surface area (Å²) in [6.45, 7) is 0. The molecule has 0 bridgehead atoms. The molecule has 124 valence electrons. The SMILES string of the molecule is N[C@H]1CCS(=O)(CCC(O)(c2nccs2)C(F)(F)F)=NC1=O. The smallest absolute Gasteiger partial charge is 0.374 e. The van der Waals surface area contributed by atoms with Crippen LogP contribution in [0.2, 0.25) is 0 Å². The maximum Gasteiger partial charge on any atom is 0.423 e. The zero-order valence-corrected chi connectivity index (χ0v) is 12.9. The second-order valence-electron chi connectivity index (χ2n) is 4.95. The highest BCUT2D eigenvalue weighted by atomic mass is 32.2. The third-order valence-electron chi connectivity index (χ3n) is 3.36. The van der Waals surface area contributed by atoms with Gasteiger partial charge in [-0.25, -0.2) is 9.19 Å². The van der Waals surface area contributed by atoms with Crippen LogP contribution in [0, 0.1) is 0 Å². The van der Waals surface area contributed by atoms with Crippen LogP contribution < -0.4 is 5.73 Å². The Labute approximate surface area is 128 Å². The van der Waals surface area contributed by atoms with Crippen molar-refractivity contribution >= 4 is 27.0 Å². The Kier molecular flexibility index (Phi) is 4.62. The van der Waals surface area contributed by atoms with E-state index in [0.717, 1.165) is 6.20 Å². The maximum absolute atomic E-state index is 13.2. The number of carbonyl (C=O) groups excluding carboxylic acids is 1. The standard InChI is InChI=1S/C11H14F3N3O3S2/c12-11(13,14)10(19,9-16-3-4-21-9)2-6-22(20)5-1-7(15)8(18)17-22/h3-4,7,19H,1-2,5-6,15H2/t7-,10?,22?/m0/s1. The fraction of sp³-hybridized carbons (Fsp3) is 0.636. The number of hydrogen-bond donors (Lipinski definition) is 2. The highest BCUT2D eigenvalue weighted by Crippen LogP contribution is 2.42. The molecule has 3 N–H and O–H groups in total. The van der Waals surface area contributed by atoms with E-state index in [1.807, 2.05) is 0 Å². The lowest BCUT2D eigenvalue weighted by atomic mass is 10.0. The number of aromatic nitrogens is 1. The van der Waals surface area contributed by atoms with Crippen molar-refractivity contribution < 1.29 is 27.3 Å². The number of aliphatic hydroxyl groups is 1. The molecule has 2 heterocycles. The van der Waals surface area contributed by atoms with Gasteiger partial charge in [-0.05, 0) is 6.42 Å². The second kappa shape index (κ2) is 5.87. The third-order valence-corrected chi connectivity index (χ3v) is 6.51. The minimum absolute atomic E-state index is 0.0638. The van der Waals surface area contributed by atoms with Crippen LogP contribution in [0.3, 0.4) is 0 Å². The quantitative estimate of drug-likeness (QED) is 0.837. The Bertz CT molecular complexity index is 668. The summed E-state index contributed by atoms with van der Waals surface area (Å²) in [5, 5.41) is 10.8. The summed E-state index contributed by atoms with van der Waals surface area (Å²) in [5.41, 5.74) is 2.22. The molecule has 0 spiro atoms. The lowest BCUT2D eigenvalue weighted by Gasteiger charge is -2.29. The molecule has 2 unspecified atom stereocenters. The molecule has 1 aromatic rings. The highest BCUT2D eigenvalue weighted by molar-refractivity contribution is 7.93. The molecule has 0 saturated heterocycles. The van der Waals surface area contributed by atoms with Crippen molar-refractivity contribution in [2.45, 2.75) is 30.7 Å². The molecule has 3 atom stereocenters. The maximum atomic E-state index is 13.2. The van der Waals surface area contributed by atoms with E-state index in [1.165, 1.54) is 5.38 Å². The van der Waals surface area contributed by atoms with Crippen LogP contribution in [0.1, 0.15) is 17.8 Å². The molecule has 1 aliphatic heterocycles. The molecule has 1 aliphatic rings. The minimum Gasteiger partial charge on any atom is -0.374 e. The van der Waals surface area contributed by atoms with Crippen LogP contribution >= 0.6 is 11.3 Å². The van der Waals surface area contributed by atoms with Gasteiger partial charge in [-0.3, -0.25) is 4.79 Å². The van der Waals surface area contributed by atoms with Crippen LogP contribution in [-0.4, -0.2) is 43.9 Å². The van der Waals surface area contributed by atoms with Crippen molar-refractivity contribution in [2.75, 3.05) is 11.5 Å². The highest BCUT2D eigenvalue weighted by Gasteiger charge is 2.56. The Hall–Kier alpha value is -1.04. The average Bonchev–Trinajstić information content (AvgIpc) is 2.94. The Balaban J connectivity index is 2.26. The van der Waals surface area contributed by atoms with Gasteiger partial charge in [0.2, 0.25) is 5.60 Å². The largest absolute Gasteiger partial charge is 0.423 e. The average molecular weight is 357 g/mol. The van der Waals surface area contributed by atoms with Crippen LogP contribution in [0.5, 0.6) is 0 Å². The first kappa shape index (κ1) is 17.3. The second-order valence-corrected chi connectivity index (χ2v) is 8.39. The van der Waals surface area contributed by atoms with Crippen molar-refractivity contribution in [1.29, 1.82) is 0 Å². The summed E-state index contributed by atoms with van der Waals surface area (Å²) in [6.07, 6.45) is -4.61. The van der Waals surface area contributed by atoms with Gasteiger partial charge in [0.1, 0.15) is 5.01 Å². The Morgan fingerprint density at radius 3 is 2.68 bits per heavy atom. The normalized spacial score (nSPS) is 29.0. The molecular weight excluding hydrogens is 343 g/mol. The number of halogens is 3. The molecule has 0 fully saturated rings. The monoisotopic (exact) mass is 357 g/mol. The predicted octanol–water partition coefficient (Wildman–Crippen LogP) is 1.01. The zero-order chi connectivity index (χ0) is 16.6. The van der Waals surface area contributed by atoms with Gasteiger partial charge in [0, 0.05) is 29.5 Å². The summed E-state index contributed by atoms with van der Waals surface area (Å²) in [5.74, 6) is -1.40. The van der Waals surface area contributed by atoms with E-state index in [9.17, 15) is 27.3 Å². The summed E-state index contributed by atoms with van der Waals surface area (Å²) < 4.78 is 55.4. The van der Waals surface area contributed by atoms with Gasteiger partial charge in [-0.2, -0.15) is 17.5 Å². The van der Waals surface area contributed by atoms with Gasteiger partial charge in [0.15, 0.2) is 0 Å². The number of nitrogens with two attached hydrogens (primary N) is 1. The van der Waals surface area contributed by atoms with Gasteiger partial charge in [-0.15, -0.1) is 11.3 Å². The molecule has 0 aromatic carbocycles. The molecule has 0 aliphatic carbocycles. The van der Waals surface area contributed by atoms with Gasteiger partial charge in [0.05, 0.1) is 15.8 Å². The third kappa shape index (κ3) is 3.31. The van der Waals surface area contributed by atoms with Crippen molar-refractivity contribution in [1.82, 2.24) is 4.98 Å². The Morgan fingerprint density at radius 2 is 2.18 bits per heavy atom. The molecular formula is C11H14F3N3O3S2. The molecule has 0 saturated carbocycles. The van der Waals surface area contributed by atoms with Crippen molar-refractivity contribution in [2.24, 2.45) is 10.1 Å². The molecule has 6 nitrogen and oxygen atoms in total. The fourth-order valence-electron chi connectivity index (χ4n) is 1.96. The molecule has 1 amide bonds. The van der Waals surface area contributed by atoms with Crippen molar-refractivity contribution in [3.8, 4) is 0 Å². The Morgan fingerprint density at radius 1 is 1.50 bits per heavy atom. The number of alkyl halides is 3. The van der Waals surface area contributed by atoms with E-state index < -0.39 is 50.6 Å². The fourth-order valence-corrected chi connectivity index (χ4v) is 4.84. The van der Waals surface area contributed by atoms with E-state index in [-0.39, 0.29) is 12.2 Å². The van der Waals surface area contributed by atoms with Crippen LogP contribution in [0.15, 0.2) is 15.9 Å². The molecule has 2 rings (SSSR count). The van der Waals surface area contributed by atoms with Gasteiger partial charge >= 0.3 is 6.18 Å². The van der Waals surface area contributed by atoms with Gasteiger partial charge in [-0.1, -0.05) is 0 Å². The van der Waals surface area contributed by atoms with E-state index in [4.69, 9.17) is 5.73 Å². The van der Waals surface area contributed by atoms with Crippen LogP contribution in [0.25, 0.3) is 0 Å². The summed E-state index contributed by atoms with van der Waals surface area (Å²) in [6, 6.07) is -0.866. The van der Waals surface area contributed by atoms with E-state index >= 15 is 0 Å². The predicted molar refractivity (Wildman–Crippen MR) is 74.6 cm³/mol. The lowest BCUT2D eigenvalue weighted by molar-refractivity contribution is -0.267. The number of carbonyl (C=O) groups is 1. The zero-order valence-electron chi connectivity index (χ0n) is 11.2. The first-order chi connectivity index (χ1) is 10.1. The topological polar surface area (TPSA) is 106 Å². The van der Waals surface area contributed by atoms with E-state index in [1.54, 1.807) is 0 Å². The summed E-state index contributed by atoms with van der Waals surface area (Å²) >= 11 is 0.652. The molecule has 22 heavy (non-hydrogen) atoms. The molecule has 1 aromatic heterocycles. The summed E-state index contributed by atoms with van der Waals surface area (Å²) in [4.78, 5) is 14.9. The van der Waals surface area contributed by atoms with Gasteiger partial charge in [0.25, 0.3) is 5.91 Å². The van der Waals surface area contributed by atoms with Crippen LogP contribution in [0.4, 0.5) is 13.2 Å². The first-order valence-corrected chi connectivity index (χ1v) is 9.02. The minimum atomic E-state index is -4.98. The lowest BCUT2D eigenvalue weighted by Crippen LogP contribution is -2.44. The van der Waals surface area contributed by atoms with Crippen molar-refractivity contribution in [3.05, 3.63) is 16.6 Å².